The van der Waals surface area contributed by atoms with Gasteiger partial charge in [0.15, 0.2) is 0 Å². The van der Waals surface area contributed by atoms with E-state index in [1.807, 2.05) is 18.2 Å². The molecule has 2 aliphatic carbocycles. The molecule has 1 aromatic carbocycles. The van der Waals surface area contributed by atoms with Crippen LogP contribution in [0.15, 0.2) is 18.2 Å². The SMILES string of the molecule is C[C@H]1[C@H](O)CN1c1nc(-c2ccc3c(c2)[C@@H](CS(N)(=O)=O)CC3)c2c(n1)C(F)(F)CC2. The molecular weight excluding hydrogens is 426 g/mol. The molecule has 1 aliphatic heterocycles. The van der Waals surface area contributed by atoms with Gasteiger partial charge in [-0.1, -0.05) is 12.1 Å². The summed E-state index contributed by atoms with van der Waals surface area (Å²) in [5.74, 6) is -3.19. The summed E-state index contributed by atoms with van der Waals surface area (Å²) in [7, 11) is -3.63. The number of aliphatic hydroxyl groups is 1. The van der Waals surface area contributed by atoms with Crippen LogP contribution >= 0.6 is 0 Å². The molecule has 5 rings (SSSR count). The Balaban J connectivity index is 1.61. The van der Waals surface area contributed by atoms with Gasteiger partial charge in [0.05, 0.1) is 23.6 Å². The lowest BCUT2D eigenvalue weighted by atomic mass is 9.97. The number of alkyl halides is 2. The van der Waals surface area contributed by atoms with Crippen LogP contribution < -0.4 is 10.0 Å². The van der Waals surface area contributed by atoms with Crippen LogP contribution in [-0.2, 0) is 28.8 Å². The molecule has 10 heteroatoms. The van der Waals surface area contributed by atoms with E-state index in [0.717, 1.165) is 17.5 Å². The zero-order valence-electron chi connectivity index (χ0n) is 17.1. The highest BCUT2D eigenvalue weighted by atomic mass is 32.2. The number of hydrogen-bond acceptors (Lipinski definition) is 6. The number of β-amino-alcohol motifs (C(OH)–C–C–N with tert-alkyl or cyclic N) is 1. The Morgan fingerprint density at radius 3 is 2.74 bits per heavy atom. The van der Waals surface area contributed by atoms with E-state index in [2.05, 4.69) is 9.97 Å². The smallest absolute Gasteiger partial charge is 0.290 e. The summed E-state index contributed by atoms with van der Waals surface area (Å²) in [6.45, 7) is 2.10. The van der Waals surface area contributed by atoms with Crippen molar-refractivity contribution in [3.63, 3.8) is 0 Å². The number of hydrogen-bond donors (Lipinski definition) is 2. The van der Waals surface area contributed by atoms with Crippen LogP contribution in [0.2, 0.25) is 0 Å². The van der Waals surface area contributed by atoms with Gasteiger partial charge < -0.3 is 10.0 Å². The molecule has 0 unspecified atom stereocenters. The van der Waals surface area contributed by atoms with E-state index >= 15 is 0 Å². The Morgan fingerprint density at radius 2 is 2.06 bits per heavy atom. The van der Waals surface area contributed by atoms with Gasteiger partial charge in [-0.3, -0.25) is 0 Å². The number of fused-ring (bicyclic) bond motifs is 2. The number of sulfonamides is 1. The maximum atomic E-state index is 14.6. The van der Waals surface area contributed by atoms with Crippen LogP contribution in [0, 0.1) is 0 Å². The van der Waals surface area contributed by atoms with E-state index in [1.54, 1.807) is 11.8 Å². The second-order valence-corrected chi connectivity index (χ2v) is 10.5. The second kappa shape index (κ2) is 6.91. The van der Waals surface area contributed by atoms with Gasteiger partial charge in [0.25, 0.3) is 5.92 Å². The summed E-state index contributed by atoms with van der Waals surface area (Å²) in [4.78, 5) is 10.6. The number of benzene rings is 1. The molecule has 3 N–H and O–H groups in total. The first-order valence-corrected chi connectivity index (χ1v) is 12.1. The number of aliphatic hydroxyl groups excluding tert-OH is 1. The predicted molar refractivity (Wildman–Crippen MR) is 112 cm³/mol. The van der Waals surface area contributed by atoms with Crippen LogP contribution in [0.4, 0.5) is 14.7 Å². The number of primary sulfonamides is 1. The van der Waals surface area contributed by atoms with E-state index in [9.17, 15) is 22.3 Å². The van der Waals surface area contributed by atoms with Gasteiger partial charge in [0, 0.05) is 24.1 Å². The first-order chi connectivity index (χ1) is 14.5. The van der Waals surface area contributed by atoms with Gasteiger partial charge in [-0.25, -0.2) is 23.5 Å². The van der Waals surface area contributed by atoms with Crippen molar-refractivity contribution >= 4 is 16.0 Å². The van der Waals surface area contributed by atoms with Crippen molar-refractivity contribution in [3.05, 3.63) is 40.6 Å². The van der Waals surface area contributed by atoms with Crippen molar-refractivity contribution in [1.82, 2.24) is 9.97 Å². The largest absolute Gasteiger partial charge is 0.389 e. The van der Waals surface area contributed by atoms with E-state index in [0.29, 0.717) is 29.8 Å². The standard InChI is InChI=1S/C21H24F2N4O3S/c1-11-17(28)9-27(11)20-25-18(15-6-7-21(22,23)19(15)26-20)13-4-2-12-3-5-14(16(12)8-13)10-31(24,29)30/h2,4,8,11,14,17,28H,3,5-7,9-10H2,1H3,(H2,24,29,30)/t11-,14+,17+/m0/s1. The molecule has 166 valence electrons. The normalized spacial score (nSPS) is 26.5. The Hall–Kier alpha value is -2.17. The topological polar surface area (TPSA) is 109 Å². The minimum atomic E-state index is -3.63. The fourth-order valence-electron chi connectivity index (χ4n) is 4.92. The summed E-state index contributed by atoms with van der Waals surface area (Å²) in [6.07, 6.45) is 0.756. The lowest BCUT2D eigenvalue weighted by molar-refractivity contribution is -0.00603. The highest BCUT2D eigenvalue weighted by molar-refractivity contribution is 7.89. The first kappa shape index (κ1) is 20.7. The molecule has 2 heterocycles. The van der Waals surface area contributed by atoms with Crippen LogP contribution in [0.3, 0.4) is 0 Å². The van der Waals surface area contributed by atoms with Crippen molar-refractivity contribution in [3.8, 4) is 11.3 Å². The second-order valence-electron chi connectivity index (χ2n) is 8.84. The van der Waals surface area contributed by atoms with E-state index in [-0.39, 0.29) is 42.2 Å². The number of rotatable bonds is 4. The summed E-state index contributed by atoms with van der Waals surface area (Å²) in [5.41, 5.74) is 3.25. The zero-order valence-corrected chi connectivity index (χ0v) is 17.9. The van der Waals surface area contributed by atoms with Crippen LogP contribution in [0.25, 0.3) is 11.3 Å². The lowest BCUT2D eigenvalue weighted by Crippen LogP contribution is -2.59. The van der Waals surface area contributed by atoms with Crippen molar-refractivity contribution < 1.29 is 22.3 Å². The number of halogens is 2. The molecule has 1 saturated heterocycles. The van der Waals surface area contributed by atoms with E-state index in [1.165, 1.54) is 0 Å². The first-order valence-electron chi connectivity index (χ1n) is 10.4. The van der Waals surface area contributed by atoms with Gasteiger partial charge >= 0.3 is 0 Å². The van der Waals surface area contributed by atoms with E-state index < -0.39 is 22.0 Å². The number of nitrogens with zero attached hydrogens (tertiary/aromatic N) is 3. The highest BCUT2D eigenvalue weighted by Gasteiger charge is 2.45. The average molecular weight is 451 g/mol. The Bertz CT molecular complexity index is 1170. The molecule has 0 saturated carbocycles. The molecule has 0 radical (unpaired) electrons. The van der Waals surface area contributed by atoms with Crippen LogP contribution in [-0.4, -0.2) is 47.9 Å². The molecule has 31 heavy (non-hydrogen) atoms. The summed E-state index contributed by atoms with van der Waals surface area (Å²) >= 11 is 0. The van der Waals surface area contributed by atoms with Crippen molar-refractivity contribution in [2.24, 2.45) is 5.14 Å². The number of aryl methyl sites for hydroxylation is 1. The van der Waals surface area contributed by atoms with Gasteiger partial charge in [-0.2, -0.15) is 8.78 Å². The zero-order chi connectivity index (χ0) is 22.1. The van der Waals surface area contributed by atoms with Crippen LogP contribution in [0.1, 0.15) is 48.1 Å². The number of nitrogens with two attached hydrogens (primary N) is 1. The third-order valence-electron chi connectivity index (χ3n) is 6.77. The van der Waals surface area contributed by atoms with Crippen molar-refractivity contribution in [2.45, 2.75) is 56.6 Å². The minimum absolute atomic E-state index is 0.141. The molecule has 7 nitrogen and oxygen atoms in total. The van der Waals surface area contributed by atoms with E-state index in [4.69, 9.17) is 5.14 Å². The summed E-state index contributed by atoms with van der Waals surface area (Å²) < 4.78 is 52.5. The monoisotopic (exact) mass is 450 g/mol. The molecule has 3 aliphatic rings. The lowest BCUT2D eigenvalue weighted by Gasteiger charge is -2.43. The highest BCUT2D eigenvalue weighted by Crippen LogP contribution is 2.46. The molecule has 2 aromatic rings. The summed E-state index contributed by atoms with van der Waals surface area (Å²) in [5, 5.41) is 15.1. The molecule has 3 atom stereocenters. The number of aromatic nitrogens is 2. The third-order valence-corrected chi connectivity index (χ3v) is 7.64. The van der Waals surface area contributed by atoms with Gasteiger partial charge in [0.1, 0.15) is 5.69 Å². The predicted octanol–water partition coefficient (Wildman–Crippen LogP) is 2.07. The van der Waals surface area contributed by atoms with Gasteiger partial charge in [-0.05, 0) is 49.3 Å². The maximum Gasteiger partial charge on any atom is 0.290 e. The molecule has 0 bridgehead atoms. The van der Waals surface area contributed by atoms with Crippen LogP contribution in [0.5, 0.6) is 0 Å². The fourth-order valence-corrected chi connectivity index (χ4v) is 5.83. The quantitative estimate of drug-likeness (QED) is 0.738. The minimum Gasteiger partial charge on any atom is -0.389 e. The molecule has 1 fully saturated rings. The molecular formula is C21H24F2N4O3S. The Kier molecular flexibility index (Phi) is 4.62. The Morgan fingerprint density at radius 1 is 1.29 bits per heavy atom. The summed E-state index contributed by atoms with van der Waals surface area (Å²) in [6, 6.07) is 5.40. The average Bonchev–Trinajstić information content (AvgIpc) is 3.24. The van der Waals surface area contributed by atoms with Crippen molar-refractivity contribution in [1.29, 1.82) is 0 Å². The maximum absolute atomic E-state index is 14.6. The van der Waals surface area contributed by atoms with Crippen molar-refractivity contribution in [2.75, 3.05) is 17.2 Å². The molecule has 1 aromatic heterocycles. The molecule has 0 spiro atoms. The third kappa shape index (κ3) is 3.50. The number of anilines is 1. The van der Waals surface area contributed by atoms with Gasteiger partial charge in [0.2, 0.25) is 16.0 Å². The van der Waals surface area contributed by atoms with Gasteiger partial charge in [-0.15, -0.1) is 0 Å². The Labute approximate surface area is 179 Å². The fraction of sp³-hybridized carbons (Fsp3) is 0.524. The molecule has 0 amide bonds.